The van der Waals surface area contributed by atoms with E-state index in [9.17, 15) is 4.79 Å². The second-order valence-electron chi connectivity index (χ2n) is 2.53. The van der Waals surface area contributed by atoms with Gasteiger partial charge in [0, 0.05) is 6.07 Å². The lowest BCUT2D eigenvalue weighted by Crippen LogP contribution is -1.79. The van der Waals surface area contributed by atoms with Crippen LogP contribution >= 0.6 is 11.3 Å². The number of rotatable bonds is 3. The Morgan fingerprint density at radius 2 is 2.54 bits per heavy atom. The van der Waals surface area contributed by atoms with Gasteiger partial charge >= 0.3 is 0 Å². The summed E-state index contributed by atoms with van der Waals surface area (Å²) < 4.78 is 4.95. The van der Waals surface area contributed by atoms with E-state index < -0.39 is 0 Å². The summed E-state index contributed by atoms with van der Waals surface area (Å²) in [5, 5.41) is 5.83. The van der Waals surface area contributed by atoms with E-state index >= 15 is 0 Å². The fraction of sp³-hybridized carbons (Fsp3) is 0.111. The van der Waals surface area contributed by atoms with Gasteiger partial charge in [0.1, 0.15) is 17.7 Å². The van der Waals surface area contributed by atoms with Crippen molar-refractivity contribution in [2.45, 2.75) is 6.42 Å². The minimum Gasteiger partial charge on any atom is -0.360 e. The molecule has 0 radical (unpaired) electrons. The van der Waals surface area contributed by atoms with Crippen molar-refractivity contribution in [3.63, 3.8) is 0 Å². The molecule has 13 heavy (non-hydrogen) atoms. The topological polar surface area (TPSA) is 43.1 Å². The van der Waals surface area contributed by atoms with E-state index in [0.29, 0.717) is 12.2 Å². The Kier molecular flexibility index (Phi) is 2.23. The van der Waals surface area contributed by atoms with Gasteiger partial charge in [-0.3, -0.25) is 0 Å². The van der Waals surface area contributed by atoms with Gasteiger partial charge in [0.2, 0.25) is 0 Å². The zero-order chi connectivity index (χ0) is 9.10. The molecule has 0 aliphatic carbocycles. The molecule has 0 amide bonds. The zero-order valence-electron chi connectivity index (χ0n) is 6.77. The Morgan fingerprint density at radius 3 is 3.23 bits per heavy atom. The molecule has 2 rings (SSSR count). The van der Waals surface area contributed by atoms with E-state index in [-0.39, 0.29) is 0 Å². The molecule has 0 bridgehead atoms. The van der Waals surface area contributed by atoms with Crippen LogP contribution in [0.25, 0.3) is 10.6 Å². The number of thiophene rings is 1. The van der Waals surface area contributed by atoms with Crippen LogP contribution in [0.3, 0.4) is 0 Å². The molecule has 0 aromatic carbocycles. The highest BCUT2D eigenvalue weighted by atomic mass is 32.1. The minimum absolute atomic E-state index is 0.290. The largest absolute Gasteiger partial charge is 0.360 e. The minimum atomic E-state index is 0.290. The van der Waals surface area contributed by atoms with Crippen LogP contribution in [0, 0.1) is 0 Å². The first kappa shape index (κ1) is 8.19. The molecule has 0 saturated carbocycles. The summed E-state index contributed by atoms with van der Waals surface area (Å²) in [4.78, 5) is 11.2. The van der Waals surface area contributed by atoms with Crippen molar-refractivity contribution < 1.29 is 9.32 Å². The van der Waals surface area contributed by atoms with Gasteiger partial charge in [-0.15, -0.1) is 11.3 Å². The van der Waals surface area contributed by atoms with Crippen molar-refractivity contribution in [2.75, 3.05) is 0 Å². The lowest BCUT2D eigenvalue weighted by Gasteiger charge is -1.82. The van der Waals surface area contributed by atoms with Crippen molar-refractivity contribution in [1.29, 1.82) is 0 Å². The highest BCUT2D eigenvalue weighted by molar-refractivity contribution is 7.13. The third kappa shape index (κ3) is 1.67. The SMILES string of the molecule is O=CCc1cc(-c2cccs2)no1. The zero-order valence-corrected chi connectivity index (χ0v) is 7.58. The van der Waals surface area contributed by atoms with Crippen molar-refractivity contribution in [1.82, 2.24) is 5.16 Å². The predicted molar refractivity (Wildman–Crippen MR) is 49.6 cm³/mol. The third-order valence-corrected chi connectivity index (χ3v) is 2.51. The third-order valence-electron chi connectivity index (χ3n) is 1.62. The first-order valence-electron chi connectivity index (χ1n) is 3.83. The fourth-order valence-electron chi connectivity index (χ4n) is 1.03. The monoisotopic (exact) mass is 193 g/mol. The molecule has 0 atom stereocenters. The maximum Gasteiger partial charge on any atom is 0.144 e. The molecule has 2 heterocycles. The summed E-state index contributed by atoms with van der Waals surface area (Å²) in [5.41, 5.74) is 0.798. The molecule has 0 unspecified atom stereocenters. The second kappa shape index (κ2) is 3.53. The average Bonchev–Trinajstić information content (AvgIpc) is 2.70. The molecule has 66 valence electrons. The summed E-state index contributed by atoms with van der Waals surface area (Å²) in [6, 6.07) is 5.71. The lowest BCUT2D eigenvalue weighted by atomic mass is 10.3. The molecule has 2 aromatic rings. The molecule has 0 aliphatic heterocycles. The van der Waals surface area contributed by atoms with E-state index in [1.165, 1.54) is 0 Å². The summed E-state index contributed by atoms with van der Waals surface area (Å²) in [6.45, 7) is 0. The van der Waals surface area contributed by atoms with Gasteiger partial charge in [-0.2, -0.15) is 0 Å². The van der Waals surface area contributed by atoms with Crippen molar-refractivity contribution in [3.8, 4) is 10.6 Å². The highest BCUT2D eigenvalue weighted by Gasteiger charge is 2.05. The van der Waals surface area contributed by atoms with Gasteiger partial charge in [-0.25, -0.2) is 0 Å². The van der Waals surface area contributed by atoms with E-state index in [1.807, 2.05) is 17.5 Å². The van der Waals surface area contributed by atoms with Crippen molar-refractivity contribution in [3.05, 3.63) is 29.3 Å². The second-order valence-corrected chi connectivity index (χ2v) is 3.47. The molecule has 2 aromatic heterocycles. The van der Waals surface area contributed by atoms with Gasteiger partial charge in [-0.05, 0) is 11.4 Å². The van der Waals surface area contributed by atoms with E-state index in [2.05, 4.69) is 5.16 Å². The Hall–Kier alpha value is -1.42. The Morgan fingerprint density at radius 1 is 1.62 bits per heavy atom. The van der Waals surface area contributed by atoms with Crippen LogP contribution in [0.5, 0.6) is 0 Å². The summed E-state index contributed by atoms with van der Waals surface area (Å²) in [5.74, 6) is 0.610. The normalized spacial score (nSPS) is 10.2. The molecule has 0 spiro atoms. The van der Waals surface area contributed by atoms with E-state index in [1.54, 1.807) is 17.4 Å². The molecule has 0 saturated heterocycles. The summed E-state index contributed by atoms with van der Waals surface area (Å²) in [7, 11) is 0. The first-order chi connectivity index (χ1) is 6.40. The molecule has 0 aliphatic rings. The maximum atomic E-state index is 10.2. The molecule has 0 N–H and O–H groups in total. The molecule has 4 heteroatoms. The molecule has 0 fully saturated rings. The number of aromatic nitrogens is 1. The first-order valence-corrected chi connectivity index (χ1v) is 4.71. The van der Waals surface area contributed by atoms with Gasteiger partial charge < -0.3 is 9.32 Å². The van der Waals surface area contributed by atoms with E-state index in [4.69, 9.17) is 4.52 Å². The van der Waals surface area contributed by atoms with Crippen LogP contribution in [0.15, 0.2) is 28.1 Å². The number of nitrogens with zero attached hydrogens (tertiary/aromatic N) is 1. The van der Waals surface area contributed by atoms with Gasteiger partial charge in [0.15, 0.2) is 0 Å². The smallest absolute Gasteiger partial charge is 0.144 e. The van der Waals surface area contributed by atoms with Crippen LogP contribution in [0.2, 0.25) is 0 Å². The fourth-order valence-corrected chi connectivity index (χ4v) is 1.71. The van der Waals surface area contributed by atoms with Crippen molar-refractivity contribution in [2.24, 2.45) is 0 Å². The summed E-state index contributed by atoms with van der Waals surface area (Å²) in [6.07, 6.45) is 1.09. The summed E-state index contributed by atoms with van der Waals surface area (Å²) >= 11 is 1.60. The van der Waals surface area contributed by atoms with Crippen LogP contribution in [0.4, 0.5) is 0 Å². The number of aldehydes is 1. The Labute approximate surface area is 79.0 Å². The molecular weight excluding hydrogens is 186 g/mol. The lowest BCUT2D eigenvalue weighted by molar-refractivity contribution is -0.107. The number of carbonyl (C=O) groups is 1. The number of hydrogen-bond donors (Lipinski definition) is 0. The van der Waals surface area contributed by atoms with Crippen LogP contribution in [0.1, 0.15) is 5.76 Å². The van der Waals surface area contributed by atoms with Crippen LogP contribution in [-0.2, 0) is 11.2 Å². The average molecular weight is 193 g/mol. The quantitative estimate of drug-likeness (QED) is 0.701. The Bertz CT molecular complexity index is 391. The highest BCUT2D eigenvalue weighted by Crippen LogP contribution is 2.23. The van der Waals surface area contributed by atoms with Gasteiger partial charge in [-0.1, -0.05) is 11.2 Å². The van der Waals surface area contributed by atoms with Gasteiger partial charge in [0.05, 0.1) is 11.3 Å². The standard InChI is InChI=1S/C9H7NO2S/c11-4-3-7-6-8(10-12-7)9-2-1-5-13-9/h1-2,4-6H,3H2. The maximum absolute atomic E-state index is 10.2. The van der Waals surface area contributed by atoms with Gasteiger partial charge in [0.25, 0.3) is 0 Å². The molecular formula is C9H7NO2S. The van der Waals surface area contributed by atoms with Crippen molar-refractivity contribution >= 4 is 17.6 Å². The van der Waals surface area contributed by atoms with Crippen LogP contribution in [-0.4, -0.2) is 11.4 Å². The van der Waals surface area contributed by atoms with Crippen LogP contribution < -0.4 is 0 Å². The van der Waals surface area contributed by atoms with E-state index in [0.717, 1.165) is 16.9 Å². The number of hydrogen-bond acceptors (Lipinski definition) is 4. The Balaban J connectivity index is 2.28. The number of carbonyl (C=O) groups excluding carboxylic acids is 1. The molecule has 3 nitrogen and oxygen atoms in total. The predicted octanol–water partition coefficient (Wildman–Crippen LogP) is 2.14.